The van der Waals surface area contributed by atoms with Crippen molar-refractivity contribution in [1.82, 2.24) is 5.32 Å². The van der Waals surface area contributed by atoms with Crippen molar-refractivity contribution in [2.24, 2.45) is 11.3 Å². The molecule has 1 aliphatic rings. The summed E-state index contributed by atoms with van der Waals surface area (Å²) >= 11 is 1.85. The third-order valence-corrected chi connectivity index (χ3v) is 5.71. The summed E-state index contributed by atoms with van der Waals surface area (Å²) in [5.41, 5.74) is -0.988. The van der Waals surface area contributed by atoms with E-state index in [2.05, 4.69) is 11.6 Å². The molecule has 0 spiro atoms. The standard InChI is InChI=1S/C15H27NO3S/c1-10(2)15(3,14(18)19)9-13(17)16-11-6-5-7-12(8-11)20-4/h10-12H,5-9H2,1-4H3,(H,16,17)(H,18,19). The largest absolute Gasteiger partial charge is 0.481 e. The third-order valence-electron chi connectivity index (χ3n) is 4.62. The molecule has 0 aromatic heterocycles. The Bertz CT molecular complexity index is 359. The van der Waals surface area contributed by atoms with Gasteiger partial charge in [-0.3, -0.25) is 9.59 Å². The number of hydrogen-bond donors (Lipinski definition) is 2. The first-order valence-electron chi connectivity index (χ1n) is 7.35. The van der Waals surface area contributed by atoms with Gasteiger partial charge in [-0.05, 0) is 38.4 Å². The summed E-state index contributed by atoms with van der Waals surface area (Å²) < 4.78 is 0. The van der Waals surface area contributed by atoms with E-state index in [4.69, 9.17) is 0 Å². The van der Waals surface area contributed by atoms with Gasteiger partial charge < -0.3 is 10.4 Å². The molecule has 0 aliphatic heterocycles. The average molecular weight is 301 g/mol. The number of rotatable bonds is 6. The van der Waals surface area contributed by atoms with Gasteiger partial charge in [0.15, 0.2) is 0 Å². The highest BCUT2D eigenvalue weighted by molar-refractivity contribution is 7.99. The molecule has 2 N–H and O–H groups in total. The highest BCUT2D eigenvalue weighted by Crippen LogP contribution is 2.32. The van der Waals surface area contributed by atoms with E-state index in [1.165, 1.54) is 6.42 Å². The van der Waals surface area contributed by atoms with Crippen molar-refractivity contribution in [1.29, 1.82) is 0 Å². The van der Waals surface area contributed by atoms with Crippen LogP contribution in [0.1, 0.15) is 52.9 Å². The van der Waals surface area contributed by atoms with Gasteiger partial charge in [-0.1, -0.05) is 20.3 Å². The summed E-state index contributed by atoms with van der Waals surface area (Å²) in [4.78, 5) is 23.6. The van der Waals surface area contributed by atoms with Gasteiger partial charge in [0.2, 0.25) is 5.91 Å². The Kier molecular flexibility index (Phi) is 6.37. The SMILES string of the molecule is CSC1CCCC(NC(=O)CC(C)(C(=O)O)C(C)C)C1. The Balaban J connectivity index is 2.56. The van der Waals surface area contributed by atoms with Crippen molar-refractivity contribution < 1.29 is 14.7 Å². The van der Waals surface area contributed by atoms with E-state index in [9.17, 15) is 14.7 Å². The first kappa shape index (κ1) is 17.3. The van der Waals surface area contributed by atoms with E-state index in [-0.39, 0.29) is 24.3 Å². The van der Waals surface area contributed by atoms with Gasteiger partial charge in [-0.25, -0.2) is 0 Å². The lowest BCUT2D eigenvalue weighted by molar-refractivity contribution is -0.153. The van der Waals surface area contributed by atoms with E-state index >= 15 is 0 Å². The van der Waals surface area contributed by atoms with Gasteiger partial charge in [0.25, 0.3) is 0 Å². The smallest absolute Gasteiger partial charge is 0.310 e. The zero-order valence-corrected chi connectivity index (χ0v) is 13.8. The average Bonchev–Trinajstić information content (AvgIpc) is 2.38. The number of hydrogen-bond acceptors (Lipinski definition) is 3. The maximum absolute atomic E-state index is 12.1. The molecule has 3 atom stereocenters. The maximum atomic E-state index is 12.1. The number of carboxylic acid groups (broad SMARTS) is 1. The van der Waals surface area contributed by atoms with Crippen molar-refractivity contribution in [3.8, 4) is 0 Å². The molecular weight excluding hydrogens is 274 g/mol. The van der Waals surface area contributed by atoms with Crippen molar-refractivity contribution >= 4 is 23.6 Å². The Labute approximate surface area is 126 Å². The Morgan fingerprint density at radius 3 is 2.55 bits per heavy atom. The second-order valence-corrected chi connectivity index (χ2v) is 7.48. The number of aliphatic carboxylic acids is 1. The zero-order valence-electron chi connectivity index (χ0n) is 12.9. The van der Waals surface area contributed by atoms with Crippen LogP contribution in [0.3, 0.4) is 0 Å². The van der Waals surface area contributed by atoms with E-state index in [1.54, 1.807) is 6.92 Å². The normalized spacial score (nSPS) is 26.1. The number of amides is 1. The highest BCUT2D eigenvalue weighted by Gasteiger charge is 2.39. The summed E-state index contributed by atoms with van der Waals surface area (Å²) in [6.07, 6.45) is 6.52. The molecule has 1 saturated carbocycles. The van der Waals surface area contributed by atoms with Crippen molar-refractivity contribution in [3.05, 3.63) is 0 Å². The molecule has 1 fully saturated rings. The van der Waals surface area contributed by atoms with Crippen LogP contribution in [-0.2, 0) is 9.59 Å². The molecular formula is C15H27NO3S. The van der Waals surface area contributed by atoms with E-state index < -0.39 is 11.4 Å². The lowest BCUT2D eigenvalue weighted by atomic mass is 9.76. The molecule has 0 aromatic rings. The number of carboxylic acids is 1. The van der Waals surface area contributed by atoms with Crippen LogP contribution in [0.4, 0.5) is 0 Å². The molecule has 0 aromatic carbocycles. The lowest BCUT2D eigenvalue weighted by Gasteiger charge is -2.32. The first-order chi connectivity index (χ1) is 9.29. The van der Waals surface area contributed by atoms with E-state index in [0.29, 0.717) is 5.25 Å². The van der Waals surface area contributed by atoms with Crippen molar-refractivity contribution in [2.75, 3.05) is 6.26 Å². The number of carbonyl (C=O) groups excluding carboxylic acids is 1. The van der Waals surface area contributed by atoms with Gasteiger partial charge in [0.05, 0.1) is 5.41 Å². The summed E-state index contributed by atoms with van der Waals surface area (Å²) in [6, 6.07) is 0.207. The number of thioether (sulfide) groups is 1. The summed E-state index contributed by atoms with van der Waals surface area (Å²) in [6.45, 7) is 5.36. The molecule has 5 heteroatoms. The maximum Gasteiger partial charge on any atom is 0.310 e. The van der Waals surface area contributed by atoms with E-state index in [1.807, 2.05) is 25.6 Å². The number of carbonyl (C=O) groups is 2. The predicted molar refractivity (Wildman–Crippen MR) is 82.9 cm³/mol. The van der Waals surface area contributed by atoms with Gasteiger partial charge >= 0.3 is 5.97 Å². The minimum atomic E-state index is -0.988. The Morgan fingerprint density at radius 1 is 1.40 bits per heavy atom. The van der Waals surface area contributed by atoms with Crippen LogP contribution in [0.25, 0.3) is 0 Å². The lowest BCUT2D eigenvalue weighted by Crippen LogP contribution is -2.44. The number of nitrogens with one attached hydrogen (secondary N) is 1. The molecule has 1 rings (SSSR count). The van der Waals surface area contributed by atoms with Crippen LogP contribution in [0, 0.1) is 11.3 Å². The van der Waals surface area contributed by atoms with Crippen LogP contribution in [0.5, 0.6) is 0 Å². The first-order valence-corrected chi connectivity index (χ1v) is 8.64. The second kappa shape index (κ2) is 7.34. The van der Waals surface area contributed by atoms with Gasteiger partial charge in [0.1, 0.15) is 0 Å². The van der Waals surface area contributed by atoms with Crippen LogP contribution in [0.15, 0.2) is 0 Å². The van der Waals surface area contributed by atoms with E-state index in [0.717, 1.165) is 19.3 Å². The predicted octanol–water partition coefficient (Wildman–Crippen LogP) is 2.91. The molecule has 0 saturated heterocycles. The zero-order chi connectivity index (χ0) is 15.3. The van der Waals surface area contributed by atoms with Crippen molar-refractivity contribution in [3.63, 3.8) is 0 Å². The van der Waals surface area contributed by atoms with Crippen molar-refractivity contribution in [2.45, 2.75) is 64.2 Å². The fourth-order valence-electron chi connectivity index (χ4n) is 2.63. The fraction of sp³-hybridized carbons (Fsp3) is 0.867. The van der Waals surface area contributed by atoms with Gasteiger partial charge in [-0.15, -0.1) is 0 Å². The molecule has 0 bridgehead atoms. The molecule has 4 nitrogen and oxygen atoms in total. The topological polar surface area (TPSA) is 66.4 Å². The molecule has 0 radical (unpaired) electrons. The quantitative estimate of drug-likeness (QED) is 0.791. The van der Waals surface area contributed by atoms with Crippen LogP contribution in [-0.4, -0.2) is 34.5 Å². The molecule has 1 amide bonds. The Morgan fingerprint density at radius 2 is 2.05 bits per heavy atom. The van der Waals surface area contributed by atoms with Crippen LogP contribution < -0.4 is 5.32 Å². The van der Waals surface area contributed by atoms with Gasteiger partial charge in [0, 0.05) is 17.7 Å². The fourth-order valence-corrected chi connectivity index (χ4v) is 3.46. The molecule has 116 valence electrons. The third kappa shape index (κ3) is 4.40. The van der Waals surface area contributed by atoms with Crippen LogP contribution in [0.2, 0.25) is 0 Å². The highest BCUT2D eigenvalue weighted by atomic mass is 32.2. The van der Waals surface area contributed by atoms with Crippen LogP contribution >= 0.6 is 11.8 Å². The second-order valence-electron chi connectivity index (χ2n) is 6.34. The Hall–Kier alpha value is -0.710. The molecule has 1 aliphatic carbocycles. The minimum Gasteiger partial charge on any atom is -0.481 e. The summed E-state index contributed by atoms with van der Waals surface area (Å²) in [5.74, 6) is -1.10. The monoisotopic (exact) mass is 301 g/mol. The molecule has 20 heavy (non-hydrogen) atoms. The molecule has 0 heterocycles. The molecule has 3 unspecified atom stereocenters. The summed E-state index contributed by atoms with van der Waals surface area (Å²) in [7, 11) is 0. The van der Waals surface area contributed by atoms with Gasteiger partial charge in [-0.2, -0.15) is 11.8 Å². The summed E-state index contributed by atoms with van der Waals surface area (Å²) in [5, 5.41) is 13.0. The minimum absolute atomic E-state index is 0.0560.